The lowest BCUT2D eigenvalue weighted by Crippen LogP contribution is -2.38. The fraction of sp³-hybridized carbons (Fsp3) is 0.692. The van der Waals surface area contributed by atoms with E-state index in [0.29, 0.717) is 11.5 Å². The Labute approximate surface area is 112 Å². The second-order valence-corrected chi connectivity index (χ2v) is 6.62. The predicted molar refractivity (Wildman–Crippen MR) is 74.2 cm³/mol. The lowest BCUT2D eigenvalue weighted by molar-refractivity contribution is 0.222. The Morgan fingerprint density at radius 2 is 1.76 bits per heavy atom. The third-order valence-corrected chi connectivity index (χ3v) is 4.19. The molecule has 1 saturated carbocycles. The highest BCUT2D eigenvalue weighted by atomic mass is 79.9. The quantitative estimate of drug-likeness (QED) is 0.834. The third-order valence-electron chi connectivity index (χ3n) is 3.78. The summed E-state index contributed by atoms with van der Waals surface area (Å²) in [5.74, 6) is 0.831. The molecule has 17 heavy (non-hydrogen) atoms. The molecule has 0 unspecified atom stereocenters. The summed E-state index contributed by atoms with van der Waals surface area (Å²) in [4.78, 5) is 10.9. The van der Waals surface area contributed by atoms with Gasteiger partial charge in [0.25, 0.3) is 0 Å². The minimum Gasteiger partial charge on any atom is -0.341 e. The van der Waals surface area contributed by atoms with Crippen LogP contribution in [0.1, 0.15) is 39.5 Å². The van der Waals surface area contributed by atoms with E-state index in [4.69, 9.17) is 0 Å². The van der Waals surface area contributed by atoms with Crippen LogP contribution in [0.25, 0.3) is 0 Å². The monoisotopic (exact) mass is 297 g/mol. The molecule has 0 amide bonds. The summed E-state index contributed by atoms with van der Waals surface area (Å²) in [6.07, 6.45) is 8.68. The molecule has 0 atom stereocenters. The van der Waals surface area contributed by atoms with Gasteiger partial charge in [-0.25, -0.2) is 9.97 Å². The van der Waals surface area contributed by atoms with E-state index in [0.717, 1.165) is 10.4 Å². The van der Waals surface area contributed by atoms with E-state index in [1.54, 1.807) is 0 Å². The maximum Gasteiger partial charge on any atom is 0.225 e. The first kappa shape index (κ1) is 12.8. The molecule has 1 aromatic heterocycles. The second kappa shape index (κ2) is 4.92. The average Bonchev–Trinajstić information content (AvgIpc) is 2.29. The van der Waals surface area contributed by atoms with Crippen LogP contribution in [0.2, 0.25) is 0 Å². The number of rotatable bonds is 2. The molecule has 94 valence electrons. The zero-order chi connectivity index (χ0) is 12.5. The highest BCUT2D eigenvalue weighted by Gasteiger charge is 2.29. The van der Waals surface area contributed by atoms with Crippen molar-refractivity contribution in [3.05, 3.63) is 16.9 Å². The molecule has 1 aliphatic rings. The van der Waals surface area contributed by atoms with Crippen molar-refractivity contribution in [2.45, 2.75) is 45.6 Å². The van der Waals surface area contributed by atoms with Crippen molar-refractivity contribution in [1.29, 1.82) is 0 Å². The normalized spacial score (nSPS) is 20.2. The molecule has 0 spiro atoms. The molecule has 3 nitrogen and oxygen atoms in total. The van der Waals surface area contributed by atoms with Crippen LogP contribution < -0.4 is 4.90 Å². The lowest BCUT2D eigenvalue weighted by Gasteiger charge is -2.38. The molecule has 0 aromatic carbocycles. The van der Waals surface area contributed by atoms with E-state index < -0.39 is 0 Å². The fourth-order valence-corrected chi connectivity index (χ4v) is 2.63. The van der Waals surface area contributed by atoms with Crippen LogP contribution in [-0.4, -0.2) is 23.1 Å². The summed E-state index contributed by atoms with van der Waals surface area (Å²) >= 11 is 3.36. The van der Waals surface area contributed by atoms with Crippen molar-refractivity contribution in [2.24, 2.45) is 5.41 Å². The van der Waals surface area contributed by atoms with Gasteiger partial charge < -0.3 is 4.90 Å². The molecule has 0 bridgehead atoms. The largest absolute Gasteiger partial charge is 0.341 e. The van der Waals surface area contributed by atoms with Gasteiger partial charge in [0.05, 0.1) is 4.47 Å². The van der Waals surface area contributed by atoms with Gasteiger partial charge >= 0.3 is 0 Å². The molecule has 1 aliphatic carbocycles. The summed E-state index contributed by atoms with van der Waals surface area (Å²) in [5, 5.41) is 0. The highest BCUT2D eigenvalue weighted by molar-refractivity contribution is 9.10. The number of nitrogens with zero attached hydrogens (tertiary/aromatic N) is 3. The molecule has 0 N–H and O–H groups in total. The van der Waals surface area contributed by atoms with Crippen molar-refractivity contribution in [3.8, 4) is 0 Å². The van der Waals surface area contributed by atoms with Crippen LogP contribution in [0, 0.1) is 5.41 Å². The van der Waals surface area contributed by atoms with E-state index in [1.165, 1.54) is 25.7 Å². The standard InChI is InChI=1S/C13H20BrN3/c1-13(2)6-4-11(5-7-13)17(3)12-15-8-10(14)9-16-12/h8-9,11H,4-7H2,1-3H3. The lowest BCUT2D eigenvalue weighted by atomic mass is 9.75. The minimum atomic E-state index is 0.512. The van der Waals surface area contributed by atoms with Gasteiger partial charge in [-0.3, -0.25) is 0 Å². The van der Waals surface area contributed by atoms with E-state index >= 15 is 0 Å². The molecule has 0 aliphatic heterocycles. The van der Waals surface area contributed by atoms with Crippen LogP contribution in [0.4, 0.5) is 5.95 Å². The highest BCUT2D eigenvalue weighted by Crippen LogP contribution is 2.37. The van der Waals surface area contributed by atoms with Gasteiger partial charge in [0.15, 0.2) is 0 Å². The summed E-state index contributed by atoms with van der Waals surface area (Å²) in [7, 11) is 2.10. The first-order valence-electron chi connectivity index (χ1n) is 6.18. The molecule has 1 aromatic rings. The zero-order valence-electron chi connectivity index (χ0n) is 10.8. The van der Waals surface area contributed by atoms with Gasteiger partial charge in [0.1, 0.15) is 0 Å². The third kappa shape index (κ3) is 3.18. The van der Waals surface area contributed by atoms with Gasteiger partial charge in [0, 0.05) is 25.5 Å². The van der Waals surface area contributed by atoms with Gasteiger partial charge in [-0.2, -0.15) is 0 Å². The van der Waals surface area contributed by atoms with Crippen LogP contribution in [0.5, 0.6) is 0 Å². The summed E-state index contributed by atoms with van der Waals surface area (Å²) < 4.78 is 0.930. The maximum atomic E-state index is 4.36. The van der Waals surface area contributed by atoms with Crippen LogP contribution in [0.3, 0.4) is 0 Å². The summed E-state index contributed by atoms with van der Waals surface area (Å²) in [6.45, 7) is 4.72. The van der Waals surface area contributed by atoms with Crippen LogP contribution in [0.15, 0.2) is 16.9 Å². The number of halogens is 1. The second-order valence-electron chi connectivity index (χ2n) is 5.71. The predicted octanol–water partition coefficient (Wildman–Crippen LogP) is 3.64. The Morgan fingerprint density at radius 3 is 2.29 bits per heavy atom. The van der Waals surface area contributed by atoms with E-state index in [2.05, 4.69) is 51.7 Å². The van der Waals surface area contributed by atoms with Gasteiger partial charge in [-0.05, 0) is 47.0 Å². The minimum absolute atomic E-state index is 0.512. The Kier molecular flexibility index (Phi) is 3.71. The molecular weight excluding hydrogens is 278 g/mol. The van der Waals surface area contributed by atoms with Crippen molar-refractivity contribution >= 4 is 21.9 Å². The van der Waals surface area contributed by atoms with E-state index in [-0.39, 0.29) is 0 Å². The van der Waals surface area contributed by atoms with Gasteiger partial charge in [-0.15, -0.1) is 0 Å². The number of hydrogen-bond acceptors (Lipinski definition) is 3. The van der Waals surface area contributed by atoms with Crippen LogP contribution in [-0.2, 0) is 0 Å². The zero-order valence-corrected chi connectivity index (χ0v) is 12.4. The molecule has 1 heterocycles. The SMILES string of the molecule is CN(c1ncc(Br)cn1)C1CCC(C)(C)CC1. The molecule has 1 fully saturated rings. The summed E-state index contributed by atoms with van der Waals surface area (Å²) in [5.41, 5.74) is 0.512. The number of hydrogen-bond donors (Lipinski definition) is 0. The smallest absolute Gasteiger partial charge is 0.225 e. The Bertz CT molecular complexity index is 365. The first-order valence-corrected chi connectivity index (χ1v) is 6.98. The first-order chi connectivity index (χ1) is 7.98. The molecule has 2 rings (SSSR count). The summed E-state index contributed by atoms with van der Waals surface area (Å²) in [6, 6.07) is 0.587. The average molecular weight is 298 g/mol. The Balaban J connectivity index is 2.01. The van der Waals surface area contributed by atoms with Crippen molar-refractivity contribution in [1.82, 2.24) is 9.97 Å². The fourth-order valence-electron chi connectivity index (χ4n) is 2.42. The topological polar surface area (TPSA) is 29.0 Å². The number of aromatic nitrogens is 2. The van der Waals surface area contributed by atoms with Crippen LogP contribution >= 0.6 is 15.9 Å². The maximum absolute atomic E-state index is 4.36. The Morgan fingerprint density at radius 1 is 1.24 bits per heavy atom. The van der Waals surface area contributed by atoms with Gasteiger partial charge in [-0.1, -0.05) is 13.8 Å². The van der Waals surface area contributed by atoms with Crippen molar-refractivity contribution in [2.75, 3.05) is 11.9 Å². The molecular formula is C13H20BrN3. The molecule has 4 heteroatoms. The Hall–Kier alpha value is -0.640. The van der Waals surface area contributed by atoms with E-state index in [1.807, 2.05) is 12.4 Å². The molecule has 0 radical (unpaired) electrons. The van der Waals surface area contributed by atoms with Crippen molar-refractivity contribution < 1.29 is 0 Å². The number of anilines is 1. The molecule has 0 saturated heterocycles. The van der Waals surface area contributed by atoms with Crippen molar-refractivity contribution in [3.63, 3.8) is 0 Å². The van der Waals surface area contributed by atoms with E-state index in [9.17, 15) is 0 Å². The van der Waals surface area contributed by atoms with Gasteiger partial charge in [0.2, 0.25) is 5.95 Å².